The van der Waals surface area contributed by atoms with Gasteiger partial charge in [0, 0.05) is 5.56 Å². The smallest absolute Gasteiger partial charge is 0.175 e. The van der Waals surface area contributed by atoms with Gasteiger partial charge in [0.15, 0.2) is 11.4 Å². The molecule has 0 saturated heterocycles. The number of hydrogen-bond donors (Lipinski definition) is 1. The summed E-state index contributed by atoms with van der Waals surface area (Å²) in [4.78, 5) is 0. The SMILES string of the molecule is Nc1noc2ccc(F)c(-c3c(F)cccc3F)c12. The van der Waals surface area contributed by atoms with E-state index in [1.165, 1.54) is 12.1 Å². The number of fused-ring (bicyclic) bond motifs is 1. The number of halogens is 3. The van der Waals surface area contributed by atoms with Crippen LogP contribution in [0.15, 0.2) is 34.9 Å². The lowest BCUT2D eigenvalue weighted by atomic mass is 10.00. The molecular weight excluding hydrogens is 257 g/mol. The molecule has 0 bridgehead atoms. The summed E-state index contributed by atoms with van der Waals surface area (Å²) in [7, 11) is 0. The first-order valence-corrected chi connectivity index (χ1v) is 5.37. The standard InChI is InChI=1S/C13H7F3N2O/c14-6-2-1-3-7(15)10(6)11-8(16)4-5-9-12(11)13(17)18-19-9/h1-5H,(H2,17,18). The summed E-state index contributed by atoms with van der Waals surface area (Å²) in [5.41, 5.74) is 4.96. The maximum absolute atomic E-state index is 14.0. The maximum atomic E-state index is 14.0. The van der Waals surface area contributed by atoms with Crippen molar-refractivity contribution in [3.63, 3.8) is 0 Å². The third kappa shape index (κ3) is 1.64. The molecule has 1 aromatic heterocycles. The highest BCUT2D eigenvalue weighted by Crippen LogP contribution is 2.37. The van der Waals surface area contributed by atoms with E-state index in [9.17, 15) is 13.2 Å². The van der Waals surface area contributed by atoms with E-state index in [4.69, 9.17) is 10.3 Å². The number of nitrogens with two attached hydrogens (primary N) is 1. The lowest BCUT2D eigenvalue weighted by Gasteiger charge is -2.07. The number of nitrogen functional groups attached to an aromatic ring is 1. The zero-order chi connectivity index (χ0) is 13.6. The quantitative estimate of drug-likeness (QED) is 0.731. The van der Waals surface area contributed by atoms with Crippen molar-refractivity contribution in [1.82, 2.24) is 5.16 Å². The molecule has 0 atom stereocenters. The average molecular weight is 264 g/mol. The van der Waals surface area contributed by atoms with Crippen molar-refractivity contribution in [2.45, 2.75) is 0 Å². The van der Waals surface area contributed by atoms with Crippen molar-refractivity contribution in [3.8, 4) is 11.1 Å². The van der Waals surface area contributed by atoms with E-state index in [0.29, 0.717) is 0 Å². The van der Waals surface area contributed by atoms with Gasteiger partial charge in [-0.25, -0.2) is 13.2 Å². The van der Waals surface area contributed by atoms with Crippen LogP contribution in [-0.2, 0) is 0 Å². The van der Waals surface area contributed by atoms with Crippen LogP contribution in [0.25, 0.3) is 22.1 Å². The van der Waals surface area contributed by atoms with Crippen LogP contribution in [0.2, 0.25) is 0 Å². The van der Waals surface area contributed by atoms with Crippen molar-refractivity contribution >= 4 is 16.8 Å². The second-order valence-electron chi connectivity index (χ2n) is 3.96. The van der Waals surface area contributed by atoms with Gasteiger partial charge in [0.2, 0.25) is 0 Å². The zero-order valence-electron chi connectivity index (χ0n) is 9.45. The number of rotatable bonds is 1. The van der Waals surface area contributed by atoms with Gasteiger partial charge in [0.25, 0.3) is 0 Å². The van der Waals surface area contributed by atoms with Crippen molar-refractivity contribution in [1.29, 1.82) is 0 Å². The summed E-state index contributed by atoms with van der Waals surface area (Å²) in [5, 5.41) is 3.53. The van der Waals surface area contributed by atoms with Crippen LogP contribution in [0.4, 0.5) is 19.0 Å². The first kappa shape index (κ1) is 11.6. The molecule has 96 valence electrons. The third-order valence-corrected chi connectivity index (χ3v) is 2.83. The van der Waals surface area contributed by atoms with Crippen LogP contribution < -0.4 is 5.73 Å². The van der Waals surface area contributed by atoms with Gasteiger partial charge in [0.05, 0.1) is 10.9 Å². The summed E-state index contributed by atoms with van der Waals surface area (Å²) in [6, 6.07) is 5.63. The van der Waals surface area contributed by atoms with E-state index in [1.54, 1.807) is 0 Å². The second-order valence-corrected chi connectivity index (χ2v) is 3.96. The molecule has 19 heavy (non-hydrogen) atoms. The Morgan fingerprint density at radius 3 is 2.21 bits per heavy atom. The maximum Gasteiger partial charge on any atom is 0.175 e. The van der Waals surface area contributed by atoms with E-state index in [1.807, 2.05) is 0 Å². The Morgan fingerprint density at radius 1 is 0.895 bits per heavy atom. The molecule has 0 amide bonds. The minimum Gasteiger partial charge on any atom is -0.380 e. The number of aromatic nitrogens is 1. The fraction of sp³-hybridized carbons (Fsp3) is 0. The average Bonchev–Trinajstić information content (AvgIpc) is 2.74. The van der Waals surface area contributed by atoms with E-state index in [2.05, 4.69) is 5.16 Å². The van der Waals surface area contributed by atoms with Crippen LogP contribution in [0.1, 0.15) is 0 Å². The largest absolute Gasteiger partial charge is 0.380 e. The lowest BCUT2D eigenvalue weighted by Crippen LogP contribution is -1.95. The molecule has 0 fully saturated rings. The predicted octanol–water partition coefficient (Wildman–Crippen LogP) is 3.49. The Kier molecular flexibility index (Phi) is 2.45. The van der Waals surface area contributed by atoms with Crippen molar-refractivity contribution in [2.24, 2.45) is 0 Å². The van der Waals surface area contributed by atoms with Crippen LogP contribution in [-0.4, -0.2) is 5.16 Å². The van der Waals surface area contributed by atoms with Gasteiger partial charge >= 0.3 is 0 Å². The van der Waals surface area contributed by atoms with Gasteiger partial charge in [-0.05, 0) is 24.3 Å². The minimum atomic E-state index is -0.882. The van der Waals surface area contributed by atoms with Crippen molar-refractivity contribution < 1.29 is 17.7 Å². The van der Waals surface area contributed by atoms with Crippen LogP contribution in [0.5, 0.6) is 0 Å². The normalized spacial score (nSPS) is 11.1. The first-order valence-electron chi connectivity index (χ1n) is 5.37. The van der Waals surface area contributed by atoms with Gasteiger partial charge in [-0.1, -0.05) is 11.2 Å². The van der Waals surface area contributed by atoms with Gasteiger partial charge in [0.1, 0.15) is 17.5 Å². The molecule has 0 aliphatic carbocycles. The molecule has 3 aromatic rings. The minimum absolute atomic E-state index is 0.0593. The molecule has 0 radical (unpaired) electrons. The summed E-state index contributed by atoms with van der Waals surface area (Å²) in [6.07, 6.45) is 0. The molecular formula is C13H7F3N2O. The van der Waals surface area contributed by atoms with Gasteiger partial charge in [-0.2, -0.15) is 0 Å². The Hall–Kier alpha value is -2.50. The number of nitrogens with zero attached hydrogens (tertiary/aromatic N) is 1. The van der Waals surface area contributed by atoms with Crippen molar-refractivity contribution in [2.75, 3.05) is 5.73 Å². The molecule has 6 heteroatoms. The zero-order valence-corrected chi connectivity index (χ0v) is 9.45. The molecule has 1 heterocycles. The Bertz CT molecular complexity index is 763. The van der Waals surface area contributed by atoms with Crippen LogP contribution in [0, 0.1) is 17.5 Å². The summed E-state index contributed by atoms with van der Waals surface area (Å²) >= 11 is 0. The number of anilines is 1. The lowest BCUT2D eigenvalue weighted by molar-refractivity contribution is 0.460. The highest BCUT2D eigenvalue weighted by molar-refractivity contribution is 6.00. The molecule has 3 rings (SSSR count). The van der Waals surface area contributed by atoms with Gasteiger partial charge < -0.3 is 10.3 Å². The Balaban J connectivity index is 2.48. The summed E-state index contributed by atoms with van der Waals surface area (Å²) < 4.78 is 46.4. The van der Waals surface area contributed by atoms with E-state index < -0.39 is 23.0 Å². The first-order chi connectivity index (χ1) is 9.09. The Morgan fingerprint density at radius 2 is 1.53 bits per heavy atom. The molecule has 0 spiro atoms. The highest BCUT2D eigenvalue weighted by Gasteiger charge is 2.21. The third-order valence-electron chi connectivity index (χ3n) is 2.83. The van der Waals surface area contributed by atoms with Gasteiger partial charge in [-0.3, -0.25) is 0 Å². The molecule has 0 saturated carbocycles. The Labute approximate surface area is 105 Å². The molecule has 3 nitrogen and oxygen atoms in total. The monoisotopic (exact) mass is 264 g/mol. The topological polar surface area (TPSA) is 52.0 Å². The predicted molar refractivity (Wildman–Crippen MR) is 63.7 cm³/mol. The molecule has 2 N–H and O–H groups in total. The van der Waals surface area contributed by atoms with Crippen LogP contribution in [0.3, 0.4) is 0 Å². The summed E-state index contributed by atoms with van der Waals surface area (Å²) in [6.45, 7) is 0. The van der Waals surface area contributed by atoms with Gasteiger partial charge in [-0.15, -0.1) is 0 Å². The molecule has 0 aliphatic rings. The second kappa shape index (κ2) is 4.01. The molecule has 0 aliphatic heterocycles. The van der Waals surface area contributed by atoms with Crippen LogP contribution >= 0.6 is 0 Å². The molecule has 2 aromatic carbocycles. The van der Waals surface area contributed by atoms with E-state index >= 15 is 0 Å². The highest BCUT2D eigenvalue weighted by atomic mass is 19.1. The number of hydrogen-bond acceptors (Lipinski definition) is 3. The van der Waals surface area contributed by atoms with Crippen molar-refractivity contribution in [3.05, 3.63) is 47.8 Å². The van der Waals surface area contributed by atoms with E-state index in [-0.39, 0.29) is 22.4 Å². The number of benzene rings is 2. The summed E-state index contributed by atoms with van der Waals surface area (Å²) in [5.74, 6) is -2.68. The van der Waals surface area contributed by atoms with E-state index in [0.717, 1.165) is 18.2 Å². The fourth-order valence-electron chi connectivity index (χ4n) is 2.01. The fourth-order valence-corrected chi connectivity index (χ4v) is 2.01. The molecule has 0 unspecified atom stereocenters.